The number of alkyl halides is 3. The molecule has 0 saturated carbocycles. The number of carbonyl (C=O) groups is 3. The molecule has 11 rings (SSSR count). The minimum atomic E-state index is -4.68. The summed E-state index contributed by atoms with van der Waals surface area (Å²) in [6.07, 6.45) is 3.28. The van der Waals surface area contributed by atoms with Crippen LogP contribution in [0, 0.1) is 0 Å². The highest BCUT2D eigenvalue weighted by atomic mass is 19.4. The van der Waals surface area contributed by atoms with Gasteiger partial charge in [-0.15, -0.1) is 10.2 Å². The molecular formula is C53H57F3N10O6. The number of halogens is 3. The maximum atomic E-state index is 14.7. The Bertz CT molecular complexity index is 3080. The summed E-state index contributed by atoms with van der Waals surface area (Å²) >= 11 is 0. The van der Waals surface area contributed by atoms with Gasteiger partial charge in [-0.1, -0.05) is 36.4 Å². The monoisotopic (exact) mass is 986 g/mol. The normalized spacial score (nSPS) is 20.8. The summed E-state index contributed by atoms with van der Waals surface area (Å²) in [5.41, 5.74) is 4.71. The van der Waals surface area contributed by atoms with Gasteiger partial charge in [0.25, 0.3) is 5.91 Å². The Labute approximate surface area is 413 Å². The van der Waals surface area contributed by atoms with Crippen molar-refractivity contribution in [3.8, 4) is 5.69 Å². The van der Waals surface area contributed by atoms with Crippen LogP contribution in [0.5, 0.6) is 0 Å². The fourth-order valence-corrected chi connectivity index (χ4v) is 11.1. The highest BCUT2D eigenvalue weighted by Gasteiger charge is 2.43. The molecule has 8 heterocycles. The van der Waals surface area contributed by atoms with E-state index >= 15 is 0 Å². The summed E-state index contributed by atoms with van der Waals surface area (Å²) in [6.45, 7) is 7.59. The number of likely N-dealkylation sites (tertiary alicyclic amines) is 1. The molecule has 4 fully saturated rings. The molecule has 3 aromatic carbocycles. The smallest absolute Gasteiger partial charge is 0.379 e. The van der Waals surface area contributed by atoms with Gasteiger partial charge in [0, 0.05) is 101 Å². The molecular weight excluding hydrogens is 930 g/mol. The van der Waals surface area contributed by atoms with Crippen LogP contribution >= 0.6 is 0 Å². The minimum absolute atomic E-state index is 0.0663. The molecule has 3 aromatic heterocycles. The van der Waals surface area contributed by atoms with E-state index < -0.39 is 34.8 Å². The van der Waals surface area contributed by atoms with Gasteiger partial charge in [-0.3, -0.25) is 38.5 Å². The van der Waals surface area contributed by atoms with Crippen molar-refractivity contribution in [2.75, 3.05) is 64.0 Å². The van der Waals surface area contributed by atoms with Crippen LogP contribution in [0.25, 0.3) is 11.2 Å². The molecule has 0 radical (unpaired) electrons. The van der Waals surface area contributed by atoms with Crippen LogP contribution in [-0.4, -0.2) is 127 Å². The third kappa shape index (κ3) is 9.57. The maximum absolute atomic E-state index is 14.7. The van der Waals surface area contributed by atoms with Crippen LogP contribution in [0.2, 0.25) is 0 Å². The van der Waals surface area contributed by atoms with Crippen LogP contribution in [0.3, 0.4) is 0 Å². The minimum Gasteiger partial charge on any atom is -0.379 e. The van der Waals surface area contributed by atoms with Crippen molar-refractivity contribution < 1.29 is 37.0 Å². The molecule has 72 heavy (non-hydrogen) atoms. The Morgan fingerprint density at radius 3 is 2.38 bits per heavy atom. The number of hydrogen-bond acceptors (Lipinski definition) is 11. The lowest BCUT2D eigenvalue weighted by molar-refractivity contribution is -0.137. The molecule has 376 valence electrons. The van der Waals surface area contributed by atoms with Crippen LogP contribution < -0.4 is 15.9 Å². The van der Waals surface area contributed by atoms with Crippen molar-refractivity contribution >= 4 is 28.9 Å². The topological polar surface area (TPSA) is 152 Å². The molecule has 4 saturated heterocycles. The third-order valence-electron chi connectivity index (χ3n) is 15.2. The quantitative estimate of drug-likeness (QED) is 0.146. The second-order valence-corrected chi connectivity index (χ2v) is 20.1. The molecule has 2 atom stereocenters. The van der Waals surface area contributed by atoms with E-state index in [1.807, 2.05) is 41.9 Å². The maximum Gasteiger partial charge on any atom is 0.418 e. The predicted octanol–water partition coefficient (Wildman–Crippen LogP) is 5.06. The summed E-state index contributed by atoms with van der Waals surface area (Å²) in [5.74, 6) is -0.0877. The molecule has 0 bridgehead atoms. The van der Waals surface area contributed by atoms with Crippen molar-refractivity contribution in [2.45, 2.75) is 81.9 Å². The van der Waals surface area contributed by atoms with E-state index in [2.05, 4.69) is 60.5 Å². The average molecular weight is 987 g/mol. The third-order valence-corrected chi connectivity index (χ3v) is 15.2. The Morgan fingerprint density at radius 2 is 1.64 bits per heavy atom. The number of anilines is 1. The van der Waals surface area contributed by atoms with E-state index in [4.69, 9.17) is 9.47 Å². The van der Waals surface area contributed by atoms with Gasteiger partial charge in [-0.2, -0.15) is 13.2 Å². The lowest BCUT2D eigenvalue weighted by atomic mass is 9.75. The fraction of sp³-hybridized carbons (Fsp3) is 0.434. The number of rotatable bonds is 14. The number of piperidine rings is 2. The number of imide groups is 1. The number of ether oxygens (including phenoxy) is 2. The number of aromatic nitrogens is 5. The summed E-state index contributed by atoms with van der Waals surface area (Å²) in [7, 11) is 1.87. The number of nitrogens with zero attached hydrogens (tertiary/aromatic N) is 9. The lowest BCUT2D eigenvalue weighted by Gasteiger charge is -2.41. The number of aryl methyl sites for hydroxylation is 1. The lowest BCUT2D eigenvalue weighted by Crippen LogP contribution is -2.52. The van der Waals surface area contributed by atoms with Crippen molar-refractivity contribution in [1.82, 2.24) is 43.7 Å². The van der Waals surface area contributed by atoms with Gasteiger partial charge >= 0.3 is 11.9 Å². The number of fused-ring (bicyclic) bond motifs is 2. The first-order valence-electron chi connectivity index (χ1n) is 24.8. The zero-order chi connectivity index (χ0) is 49.7. The van der Waals surface area contributed by atoms with Crippen molar-refractivity contribution in [3.63, 3.8) is 0 Å². The second-order valence-electron chi connectivity index (χ2n) is 20.1. The first-order valence-corrected chi connectivity index (χ1v) is 24.8. The van der Waals surface area contributed by atoms with Gasteiger partial charge in [0.2, 0.25) is 11.8 Å². The van der Waals surface area contributed by atoms with Crippen LogP contribution in [-0.2, 0) is 70.2 Å². The molecule has 19 heteroatoms. The summed E-state index contributed by atoms with van der Waals surface area (Å²) in [4.78, 5) is 59.8. The molecule has 3 amide bonds. The zero-order valence-corrected chi connectivity index (χ0v) is 40.2. The Hall–Kier alpha value is -6.67. The van der Waals surface area contributed by atoms with Crippen molar-refractivity contribution in [1.29, 1.82) is 0 Å². The van der Waals surface area contributed by atoms with Gasteiger partial charge in [0.15, 0.2) is 0 Å². The Balaban J connectivity index is 0.667. The van der Waals surface area contributed by atoms with Gasteiger partial charge in [0.1, 0.15) is 18.2 Å². The van der Waals surface area contributed by atoms with Crippen LogP contribution in [0.4, 0.5) is 18.9 Å². The van der Waals surface area contributed by atoms with Gasteiger partial charge in [0.05, 0.1) is 42.7 Å². The molecule has 0 unspecified atom stereocenters. The number of pyridine rings is 1. The van der Waals surface area contributed by atoms with Gasteiger partial charge in [-0.25, -0.2) is 4.79 Å². The van der Waals surface area contributed by atoms with E-state index in [1.54, 1.807) is 23.5 Å². The number of piperazine rings is 1. The summed E-state index contributed by atoms with van der Waals surface area (Å²) in [6, 6.07) is 22.4. The zero-order valence-electron chi connectivity index (χ0n) is 40.2. The van der Waals surface area contributed by atoms with E-state index in [0.29, 0.717) is 69.1 Å². The largest absolute Gasteiger partial charge is 0.418 e. The Morgan fingerprint density at radius 1 is 0.847 bits per heavy atom. The number of imidazole rings is 1. The molecule has 5 aliphatic rings. The fourth-order valence-electron chi connectivity index (χ4n) is 11.1. The first-order chi connectivity index (χ1) is 34.8. The second kappa shape index (κ2) is 19.4. The number of benzene rings is 3. The van der Waals surface area contributed by atoms with E-state index in [-0.39, 0.29) is 36.4 Å². The molecule has 16 nitrogen and oxygen atoms in total. The van der Waals surface area contributed by atoms with E-state index in [9.17, 15) is 32.3 Å². The van der Waals surface area contributed by atoms with E-state index in [1.165, 1.54) is 22.4 Å². The van der Waals surface area contributed by atoms with E-state index in [0.717, 1.165) is 84.6 Å². The standard InChI is InChI=1S/C53H57F3N10O6/c1-60-34-57-59-47(60)25-52(32-71-33-52)39-4-2-5-41(24-39)64-31-46-44(53(54,55)56)22-37(28-66(46)51(64)70)27-62-16-3-6-42(30-62)72-21-15-35-7-9-36(10-8-35)26-61-17-19-63(20-18-61)40-11-12-43-38(23-40)29-65(50(43)69)45-13-14-48(67)58-49(45)68/h2,4-5,7-12,22-24,28,31,34,42,45H,3,6,13-21,25-27,29-30,32-33H2,1H3,(H,58,67,68)/t42-,45+/m1/s1. The molecule has 0 aliphatic carbocycles. The number of amides is 3. The molecule has 1 N–H and O–H groups in total. The van der Waals surface area contributed by atoms with Gasteiger partial charge in [-0.05, 0) is 96.4 Å². The summed E-state index contributed by atoms with van der Waals surface area (Å²) in [5, 5.41) is 10.6. The SMILES string of the molecule is Cn1cnnc1CC1(c2cccc(-n3cc4c(C(F)(F)F)cc(CN5CCC[C@@H](OCCc6ccc(CN7CCN(c8ccc9c(c8)CN([C@H]8CCC(=O)NC8=O)C9=O)CC7)cc6)C5)cn4c3=O)c2)COC1. The number of hydrogen-bond donors (Lipinski definition) is 1. The number of carbonyl (C=O) groups excluding carboxylic acids is 3. The van der Waals surface area contributed by atoms with Crippen molar-refractivity contribution in [2.24, 2.45) is 7.05 Å². The Kier molecular flexibility index (Phi) is 12.8. The molecule has 5 aliphatic heterocycles. The number of nitrogens with one attached hydrogen (secondary N) is 1. The highest BCUT2D eigenvalue weighted by molar-refractivity contribution is 6.05. The van der Waals surface area contributed by atoms with Crippen LogP contribution in [0.1, 0.15) is 75.2 Å². The van der Waals surface area contributed by atoms with Gasteiger partial charge < -0.3 is 23.8 Å². The first kappa shape index (κ1) is 47.6. The highest BCUT2D eigenvalue weighted by Crippen LogP contribution is 2.38. The average Bonchev–Trinajstić information content (AvgIpc) is 4.03. The molecule has 6 aromatic rings. The predicted molar refractivity (Wildman–Crippen MR) is 260 cm³/mol. The molecule has 0 spiro atoms. The van der Waals surface area contributed by atoms with Crippen LogP contribution in [0.15, 0.2) is 96.3 Å². The van der Waals surface area contributed by atoms with Crippen molar-refractivity contribution in [3.05, 3.63) is 147 Å². The summed E-state index contributed by atoms with van der Waals surface area (Å²) < 4.78 is 60.5.